The van der Waals surface area contributed by atoms with E-state index >= 15 is 0 Å². The van der Waals surface area contributed by atoms with Crippen molar-refractivity contribution in [2.75, 3.05) is 0 Å². The average Bonchev–Trinajstić information content (AvgIpc) is 2.70. The Morgan fingerprint density at radius 2 is 1.89 bits per heavy atom. The van der Waals surface area contributed by atoms with E-state index in [0.29, 0.717) is 6.54 Å². The Balaban J connectivity index is 1.91. The topological polar surface area (TPSA) is 37.8 Å². The van der Waals surface area contributed by atoms with Crippen LogP contribution in [0, 0.1) is 6.92 Å². The number of aromatic nitrogens is 2. The molecule has 0 bridgehead atoms. The summed E-state index contributed by atoms with van der Waals surface area (Å²) >= 11 is 0. The van der Waals surface area contributed by atoms with Gasteiger partial charge in [0.1, 0.15) is 0 Å². The molecule has 1 aliphatic carbocycles. The predicted octanol–water partition coefficient (Wildman–Crippen LogP) is 2.41. The number of fused-ring (bicyclic) bond motifs is 1. The van der Waals surface area contributed by atoms with Gasteiger partial charge in [0.15, 0.2) is 0 Å². The molecule has 0 spiro atoms. The van der Waals surface area contributed by atoms with E-state index in [-0.39, 0.29) is 5.56 Å². The third-order valence-corrected chi connectivity index (χ3v) is 3.70. The Kier molecular flexibility index (Phi) is 2.82. The van der Waals surface area contributed by atoms with Crippen LogP contribution in [0.4, 0.5) is 0 Å². The molecule has 1 heterocycles. The van der Waals surface area contributed by atoms with Gasteiger partial charge in [0, 0.05) is 11.3 Å². The summed E-state index contributed by atoms with van der Waals surface area (Å²) in [5.74, 6) is 0. The molecule has 2 aromatic rings. The molecule has 0 aliphatic heterocycles. The predicted molar refractivity (Wildman–Crippen MR) is 72.0 cm³/mol. The van der Waals surface area contributed by atoms with Gasteiger partial charge in [-0.15, -0.1) is 0 Å². The fraction of sp³-hybridized carbons (Fsp3) is 0.400. The average molecular weight is 242 g/mol. The Morgan fingerprint density at radius 3 is 2.61 bits per heavy atom. The first-order valence-corrected chi connectivity index (χ1v) is 6.60. The van der Waals surface area contributed by atoms with Gasteiger partial charge in [0.05, 0.1) is 6.54 Å². The van der Waals surface area contributed by atoms with Gasteiger partial charge in [0.2, 0.25) is 0 Å². The second-order valence-electron chi connectivity index (χ2n) is 5.15. The van der Waals surface area contributed by atoms with Gasteiger partial charge in [0.25, 0.3) is 5.56 Å². The lowest BCUT2D eigenvalue weighted by Gasteiger charge is -2.07. The molecule has 0 radical (unpaired) electrons. The van der Waals surface area contributed by atoms with Crippen molar-refractivity contribution in [2.24, 2.45) is 0 Å². The van der Waals surface area contributed by atoms with E-state index in [2.05, 4.69) is 36.3 Å². The normalized spacial score (nSPS) is 14.5. The third kappa shape index (κ3) is 2.01. The molecule has 1 N–H and O–H groups in total. The van der Waals surface area contributed by atoms with Gasteiger partial charge in [-0.05, 0) is 38.2 Å². The maximum Gasteiger partial charge on any atom is 0.270 e. The number of H-pyrrole nitrogens is 1. The summed E-state index contributed by atoms with van der Waals surface area (Å²) in [7, 11) is 0. The molecule has 3 rings (SSSR count). The number of hydrogen-bond acceptors (Lipinski definition) is 1. The molecule has 18 heavy (non-hydrogen) atoms. The highest BCUT2D eigenvalue weighted by Gasteiger charge is 2.17. The van der Waals surface area contributed by atoms with Gasteiger partial charge >= 0.3 is 0 Å². The number of aryl methyl sites for hydroxylation is 2. The van der Waals surface area contributed by atoms with Crippen LogP contribution in [0.5, 0.6) is 0 Å². The lowest BCUT2D eigenvalue weighted by Crippen LogP contribution is -2.20. The summed E-state index contributed by atoms with van der Waals surface area (Å²) in [6.07, 6.45) is 4.29. The van der Waals surface area contributed by atoms with E-state index in [0.717, 1.165) is 30.5 Å². The number of benzene rings is 1. The number of nitrogens with zero attached hydrogens (tertiary/aromatic N) is 1. The van der Waals surface area contributed by atoms with Crippen LogP contribution in [0.15, 0.2) is 29.1 Å². The summed E-state index contributed by atoms with van der Waals surface area (Å²) in [5.41, 5.74) is 4.75. The van der Waals surface area contributed by atoms with Gasteiger partial charge in [-0.1, -0.05) is 29.8 Å². The molecule has 0 fully saturated rings. The van der Waals surface area contributed by atoms with E-state index in [4.69, 9.17) is 0 Å². The second-order valence-corrected chi connectivity index (χ2v) is 5.15. The molecule has 0 saturated heterocycles. The van der Waals surface area contributed by atoms with Crippen LogP contribution in [0.3, 0.4) is 0 Å². The maximum atomic E-state index is 12.2. The molecular weight excluding hydrogens is 224 g/mol. The fourth-order valence-corrected chi connectivity index (χ4v) is 2.63. The summed E-state index contributed by atoms with van der Waals surface area (Å²) in [4.78, 5) is 12.2. The summed E-state index contributed by atoms with van der Waals surface area (Å²) in [5, 5.41) is 3.27. The summed E-state index contributed by atoms with van der Waals surface area (Å²) in [6.45, 7) is 2.72. The Hall–Kier alpha value is -1.77. The number of rotatable bonds is 2. The number of aromatic amines is 1. The van der Waals surface area contributed by atoms with Crippen molar-refractivity contribution in [1.29, 1.82) is 0 Å². The highest BCUT2D eigenvalue weighted by Crippen LogP contribution is 2.16. The first kappa shape index (κ1) is 11.3. The third-order valence-electron chi connectivity index (χ3n) is 3.70. The molecule has 3 nitrogen and oxygen atoms in total. The van der Waals surface area contributed by atoms with Gasteiger partial charge in [-0.2, -0.15) is 0 Å². The first-order chi connectivity index (χ1) is 8.74. The molecule has 0 atom stereocenters. The highest BCUT2D eigenvalue weighted by atomic mass is 16.1. The van der Waals surface area contributed by atoms with Crippen LogP contribution >= 0.6 is 0 Å². The molecule has 1 aliphatic rings. The second kappa shape index (κ2) is 4.48. The minimum atomic E-state index is 0.172. The van der Waals surface area contributed by atoms with Crippen molar-refractivity contribution < 1.29 is 0 Å². The smallest absolute Gasteiger partial charge is 0.270 e. The molecule has 0 amide bonds. The van der Waals surface area contributed by atoms with Gasteiger partial charge in [-0.3, -0.25) is 9.89 Å². The molecule has 1 aromatic carbocycles. The maximum absolute atomic E-state index is 12.2. The molecular formula is C15H18N2O. The number of nitrogens with one attached hydrogen (secondary N) is 1. The van der Waals surface area contributed by atoms with Crippen LogP contribution in [0.2, 0.25) is 0 Å². The van der Waals surface area contributed by atoms with E-state index in [1.54, 1.807) is 4.68 Å². The Bertz CT molecular complexity index is 604. The lowest BCUT2D eigenvalue weighted by atomic mass is 9.98. The van der Waals surface area contributed by atoms with Crippen molar-refractivity contribution in [2.45, 2.75) is 39.2 Å². The minimum Gasteiger partial charge on any atom is -0.299 e. The lowest BCUT2D eigenvalue weighted by molar-refractivity contribution is 0.639. The molecule has 0 unspecified atom stereocenters. The Labute approximate surface area is 106 Å². The summed E-state index contributed by atoms with van der Waals surface area (Å²) < 4.78 is 1.75. The van der Waals surface area contributed by atoms with Crippen LogP contribution in [-0.4, -0.2) is 9.78 Å². The van der Waals surface area contributed by atoms with Crippen LogP contribution in [-0.2, 0) is 19.4 Å². The van der Waals surface area contributed by atoms with Crippen LogP contribution in [0.1, 0.15) is 35.2 Å². The zero-order valence-electron chi connectivity index (χ0n) is 10.7. The first-order valence-electron chi connectivity index (χ1n) is 6.60. The Morgan fingerprint density at radius 1 is 1.17 bits per heavy atom. The number of hydrogen-bond donors (Lipinski definition) is 1. The van der Waals surface area contributed by atoms with E-state index in [1.165, 1.54) is 17.5 Å². The van der Waals surface area contributed by atoms with Crippen molar-refractivity contribution >= 4 is 0 Å². The van der Waals surface area contributed by atoms with E-state index in [1.807, 2.05) is 0 Å². The minimum absolute atomic E-state index is 0.172. The standard InChI is InChI=1S/C15H18N2O/c1-11-6-8-12(9-7-11)10-17-15(18)13-4-2-3-5-14(13)16-17/h6-9,16H,2-5,10H2,1H3. The molecule has 3 heteroatoms. The zero-order valence-corrected chi connectivity index (χ0v) is 10.7. The molecule has 1 aromatic heterocycles. The quantitative estimate of drug-likeness (QED) is 0.862. The SMILES string of the molecule is Cc1ccc(Cn2[nH]c3c(c2=O)CCCC3)cc1. The van der Waals surface area contributed by atoms with Crippen molar-refractivity contribution in [3.63, 3.8) is 0 Å². The molecule has 0 saturated carbocycles. The van der Waals surface area contributed by atoms with Gasteiger partial charge < -0.3 is 0 Å². The summed E-state index contributed by atoms with van der Waals surface area (Å²) in [6, 6.07) is 8.34. The fourth-order valence-electron chi connectivity index (χ4n) is 2.63. The largest absolute Gasteiger partial charge is 0.299 e. The molecule has 94 valence electrons. The van der Waals surface area contributed by atoms with E-state index < -0.39 is 0 Å². The van der Waals surface area contributed by atoms with Crippen LogP contribution in [0.25, 0.3) is 0 Å². The van der Waals surface area contributed by atoms with Gasteiger partial charge in [-0.25, -0.2) is 4.68 Å². The zero-order chi connectivity index (χ0) is 12.5. The van der Waals surface area contributed by atoms with Crippen molar-refractivity contribution in [3.8, 4) is 0 Å². The van der Waals surface area contributed by atoms with E-state index in [9.17, 15) is 4.79 Å². The highest BCUT2D eigenvalue weighted by molar-refractivity contribution is 5.24. The van der Waals surface area contributed by atoms with Crippen molar-refractivity contribution in [3.05, 3.63) is 57.0 Å². The monoisotopic (exact) mass is 242 g/mol. The van der Waals surface area contributed by atoms with Crippen LogP contribution < -0.4 is 5.56 Å². The van der Waals surface area contributed by atoms with Crippen molar-refractivity contribution in [1.82, 2.24) is 9.78 Å².